The zero-order chi connectivity index (χ0) is 16.7. The van der Waals surface area contributed by atoms with Crippen LogP contribution in [0.25, 0.3) is 0 Å². The monoisotopic (exact) mass is 334 g/mol. The maximum Gasteiger partial charge on any atom is 0.240 e. The normalized spacial score (nSPS) is 11.0. The quantitative estimate of drug-likeness (QED) is 0.811. The van der Waals surface area contributed by atoms with Crippen molar-refractivity contribution in [1.82, 2.24) is 4.72 Å². The van der Waals surface area contributed by atoms with Crippen molar-refractivity contribution >= 4 is 21.6 Å². The van der Waals surface area contributed by atoms with Crippen molar-refractivity contribution in [3.05, 3.63) is 54.6 Å². The third-order valence-corrected chi connectivity index (χ3v) is 4.56. The molecule has 7 heteroatoms. The fraction of sp³-hybridized carbons (Fsp3) is 0.188. The molecule has 0 unspecified atom stereocenters. The average Bonchev–Trinajstić information content (AvgIpc) is 2.56. The molecule has 2 N–H and O–H groups in total. The molecule has 122 valence electrons. The average molecular weight is 334 g/mol. The first-order valence-corrected chi connectivity index (χ1v) is 8.49. The number of carbonyl (C=O) groups excluding carboxylic acids is 1. The highest BCUT2D eigenvalue weighted by Crippen LogP contribution is 2.22. The van der Waals surface area contributed by atoms with Crippen LogP contribution in [-0.4, -0.2) is 28.0 Å². The van der Waals surface area contributed by atoms with Crippen LogP contribution in [0, 0.1) is 0 Å². The Morgan fingerprint density at radius 2 is 1.70 bits per heavy atom. The lowest BCUT2D eigenvalue weighted by molar-refractivity contribution is -0.116. The lowest BCUT2D eigenvalue weighted by atomic mass is 10.3. The SMILES string of the molecule is COc1ccccc1NC(=O)CCNS(=O)(=O)c1ccccc1. The lowest BCUT2D eigenvalue weighted by Gasteiger charge is -2.10. The van der Waals surface area contributed by atoms with Crippen LogP contribution >= 0.6 is 0 Å². The molecule has 0 saturated heterocycles. The van der Waals surface area contributed by atoms with Gasteiger partial charge in [0.05, 0.1) is 17.7 Å². The van der Waals surface area contributed by atoms with Crippen LogP contribution in [0.5, 0.6) is 5.75 Å². The van der Waals surface area contributed by atoms with Gasteiger partial charge in [0.1, 0.15) is 5.75 Å². The lowest BCUT2D eigenvalue weighted by Crippen LogP contribution is -2.27. The first-order chi connectivity index (χ1) is 11.0. The van der Waals surface area contributed by atoms with Crippen LogP contribution < -0.4 is 14.8 Å². The van der Waals surface area contributed by atoms with Crippen LogP contribution in [0.1, 0.15) is 6.42 Å². The van der Waals surface area contributed by atoms with Gasteiger partial charge in [-0.15, -0.1) is 0 Å². The van der Waals surface area contributed by atoms with Gasteiger partial charge in [-0.3, -0.25) is 4.79 Å². The summed E-state index contributed by atoms with van der Waals surface area (Å²) in [5.74, 6) is 0.246. The number of methoxy groups -OCH3 is 1. The predicted octanol–water partition coefficient (Wildman–Crippen LogP) is 2.00. The van der Waals surface area contributed by atoms with E-state index in [4.69, 9.17) is 4.74 Å². The number of hydrogen-bond donors (Lipinski definition) is 2. The predicted molar refractivity (Wildman–Crippen MR) is 87.9 cm³/mol. The van der Waals surface area contributed by atoms with Gasteiger partial charge in [-0.25, -0.2) is 13.1 Å². The maximum absolute atomic E-state index is 12.0. The molecule has 2 rings (SSSR count). The zero-order valence-electron chi connectivity index (χ0n) is 12.7. The zero-order valence-corrected chi connectivity index (χ0v) is 13.5. The highest BCUT2D eigenvalue weighted by atomic mass is 32.2. The highest BCUT2D eigenvalue weighted by molar-refractivity contribution is 7.89. The summed E-state index contributed by atoms with van der Waals surface area (Å²) >= 11 is 0. The number of para-hydroxylation sites is 2. The molecule has 0 radical (unpaired) electrons. The molecule has 0 fully saturated rings. The number of hydrogen-bond acceptors (Lipinski definition) is 4. The van der Waals surface area contributed by atoms with Crippen molar-refractivity contribution in [2.24, 2.45) is 0 Å². The van der Waals surface area contributed by atoms with E-state index in [1.165, 1.54) is 19.2 Å². The molecule has 0 saturated carbocycles. The topological polar surface area (TPSA) is 84.5 Å². The van der Waals surface area contributed by atoms with Gasteiger partial charge in [0.25, 0.3) is 0 Å². The molecule has 2 aromatic rings. The van der Waals surface area contributed by atoms with Crippen LogP contribution in [0.3, 0.4) is 0 Å². The number of sulfonamides is 1. The van der Waals surface area contributed by atoms with Crippen LogP contribution in [-0.2, 0) is 14.8 Å². The van der Waals surface area contributed by atoms with Gasteiger partial charge in [-0.05, 0) is 24.3 Å². The second-order valence-electron chi connectivity index (χ2n) is 4.71. The molecule has 0 aliphatic rings. The summed E-state index contributed by atoms with van der Waals surface area (Å²) in [6.07, 6.45) is 0.0180. The van der Waals surface area contributed by atoms with E-state index in [0.717, 1.165) is 0 Å². The van der Waals surface area contributed by atoms with Crippen molar-refractivity contribution in [2.45, 2.75) is 11.3 Å². The van der Waals surface area contributed by atoms with Gasteiger partial charge >= 0.3 is 0 Å². The minimum atomic E-state index is -3.60. The second-order valence-corrected chi connectivity index (χ2v) is 6.48. The smallest absolute Gasteiger partial charge is 0.240 e. The Labute approximate surface area is 135 Å². The molecule has 0 aliphatic carbocycles. The Morgan fingerprint density at radius 3 is 2.39 bits per heavy atom. The second kappa shape index (κ2) is 7.75. The summed E-state index contributed by atoms with van der Waals surface area (Å²) in [6.45, 7) is 0.0121. The van der Waals surface area contributed by atoms with Crippen LogP contribution in [0.15, 0.2) is 59.5 Å². The molecule has 2 aromatic carbocycles. The highest BCUT2D eigenvalue weighted by Gasteiger charge is 2.13. The van der Waals surface area contributed by atoms with E-state index >= 15 is 0 Å². The van der Waals surface area contributed by atoms with E-state index < -0.39 is 10.0 Å². The summed E-state index contributed by atoms with van der Waals surface area (Å²) in [6, 6.07) is 15.0. The molecule has 0 atom stereocenters. The van der Waals surface area contributed by atoms with E-state index in [9.17, 15) is 13.2 Å². The number of rotatable bonds is 7. The Balaban J connectivity index is 1.88. The Kier molecular flexibility index (Phi) is 5.72. The summed E-state index contributed by atoms with van der Waals surface area (Å²) in [5.41, 5.74) is 0.547. The standard InChI is InChI=1S/C16H18N2O4S/c1-22-15-10-6-5-9-14(15)18-16(19)11-12-17-23(20,21)13-7-3-2-4-8-13/h2-10,17H,11-12H2,1H3,(H,18,19). The molecular formula is C16H18N2O4S. The summed E-state index contributed by atoms with van der Waals surface area (Å²) < 4.78 is 31.6. The molecule has 0 aromatic heterocycles. The van der Waals surface area contributed by atoms with Crippen molar-refractivity contribution < 1.29 is 17.9 Å². The largest absolute Gasteiger partial charge is 0.495 e. The number of amides is 1. The van der Waals surface area contributed by atoms with E-state index in [0.29, 0.717) is 11.4 Å². The van der Waals surface area contributed by atoms with Gasteiger partial charge in [0, 0.05) is 13.0 Å². The third kappa shape index (κ3) is 4.80. The van der Waals surface area contributed by atoms with Crippen LogP contribution in [0.4, 0.5) is 5.69 Å². The van der Waals surface area contributed by atoms with Gasteiger partial charge in [-0.1, -0.05) is 30.3 Å². The number of carbonyl (C=O) groups is 1. The van der Waals surface area contributed by atoms with Crippen molar-refractivity contribution in [3.8, 4) is 5.75 Å². The molecule has 0 aliphatic heterocycles. The molecule has 0 spiro atoms. The number of benzene rings is 2. The number of ether oxygens (including phenoxy) is 1. The molecule has 0 heterocycles. The summed E-state index contributed by atoms with van der Waals surface area (Å²) in [5, 5.41) is 2.69. The summed E-state index contributed by atoms with van der Waals surface area (Å²) in [4.78, 5) is 12.1. The first-order valence-electron chi connectivity index (χ1n) is 7.00. The van der Waals surface area contributed by atoms with Crippen molar-refractivity contribution in [1.29, 1.82) is 0 Å². The van der Waals surface area contributed by atoms with Crippen molar-refractivity contribution in [2.75, 3.05) is 19.0 Å². The van der Waals surface area contributed by atoms with Gasteiger partial charge in [0.2, 0.25) is 15.9 Å². The molecule has 6 nitrogen and oxygen atoms in total. The van der Waals surface area contributed by atoms with Gasteiger partial charge in [-0.2, -0.15) is 0 Å². The first kappa shape index (κ1) is 17.0. The fourth-order valence-corrected chi connectivity index (χ4v) is 3.00. The van der Waals surface area contributed by atoms with E-state index in [1.807, 2.05) is 0 Å². The van der Waals surface area contributed by atoms with Gasteiger partial charge < -0.3 is 10.1 Å². The van der Waals surface area contributed by atoms with Gasteiger partial charge in [0.15, 0.2) is 0 Å². The van der Waals surface area contributed by atoms with Crippen molar-refractivity contribution in [3.63, 3.8) is 0 Å². The minimum Gasteiger partial charge on any atom is -0.495 e. The fourth-order valence-electron chi connectivity index (χ4n) is 1.94. The summed E-state index contributed by atoms with van der Waals surface area (Å²) in [7, 11) is -2.08. The number of anilines is 1. The Bertz CT molecular complexity index is 761. The molecule has 0 bridgehead atoms. The molecule has 23 heavy (non-hydrogen) atoms. The number of nitrogens with one attached hydrogen (secondary N) is 2. The molecular weight excluding hydrogens is 316 g/mol. The van der Waals surface area contributed by atoms with E-state index in [-0.39, 0.29) is 23.8 Å². The Hall–Kier alpha value is -2.38. The maximum atomic E-state index is 12.0. The third-order valence-electron chi connectivity index (χ3n) is 3.08. The Morgan fingerprint density at radius 1 is 1.04 bits per heavy atom. The van der Waals surface area contributed by atoms with E-state index in [2.05, 4.69) is 10.0 Å². The van der Waals surface area contributed by atoms with Crippen LogP contribution in [0.2, 0.25) is 0 Å². The minimum absolute atomic E-state index is 0.0121. The molecule has 1 amide bonds. The van der Waals surface area contributed by atoms with E-state index in [1.54, 1.807) is 42.5 Å².